The molecule has 0 radical (unpaired) electrons. The minimum Gasteiger partial charge on any atom is -0.396 e. The van der Waals surface area contributed by atoms with Gasteiger partial charge in [0.15, 0.2) is 0 Å². The summed E-state index contributed by atoms with van der Waals surface area (Å²) in [4.78, 5) is 2.33. The van der Waals surface area contributed by atoms with Crippen molar-refractivity contribution in [2.24, 2.45) is 0 Å². The van der Waals surface area contributed by atoms with E-state index in [1.165, 1.54) is 12.8 Å². The Balaban J connectivity index is 2.08. The molecule has 1 aliphatic rings. The van der Waals surface area contributed by atoms with Gasteiger partial charge in [-0.2, -0.15) is 5.10 Å². The molecule has 0 bridgehead atoms. The highest BCUT2D eigenvalue weighted by Gasteiger charge is 2.24. The highest BCUT2D eigenvalue weighted by molar-refractivity contribution is 5.13. The van der Waals surface area contributed by atoms with Crippen molar-refractivity contribution >= 4 is 0 Å². The summed E-state index contributed by atoms with van der Waals surface area (Å²) in [6.45, 7) is 1.34. The molecule has 0 amide bonds. The van der Waals surface area contributed by atoms with Crippen molar-refractivity contribution < 1.29 is 5.11 Å². The molecule has 78 valence electrons. The molecule has 2 N–H and O–H groups in total. The SMILES string of the molecule is CN1CCCC1c1cc(CCO)[nH]n1. The highest BCUT2D eigenvalue weighted by atomic mass is 16.3. The van der Waals surface area contributed by atoms with Gasteiger partial charge in [0.25, 0.3) is 0 Å². The minimum atomic E-state index is 0.183. The van der Waals surface area contributed by atoms with Gasteiger partial charge >= 0.3 is 0 Å². The normalized spacial score (nSPS) is 23.1. The Morgan fingerprint density at radius 3 is 3.21 bits per heavy atom. The summed E-state index contributed by atoms with van der Waals surface area (Å²) < 4.78 is 0. The van der Waals surface area contributed by atoms with E-state index in [1.807, 2.05) is 0 Å². The Morgan fingerprint density at radius 2 is 2.57 bits per heavy atom. The van der Waals surface area contributed by atoms with Gasteiger partial charge in [0, 0.05) is 18.7 Å². The molecule has 1 fully saturated rings. The monoisotopic (exact) mass is 195 g/mol. The Labute approximate surface area is 83.9 Å². The predicted molar refractivity (Wildman–Crippen MR) is 54.0 cm³/mol. The topological polar surface area (TPSA) is 52.1 Å². The van der Waals surface area contributed by atoms with Crippen LogP contribution in [0.5, 0.6) is 0 Å². The second-order valence-electron chi connectivity index (χ2n) is 3.93. The molecule has 1 aliphatic heterocycles. The van der Waals surface area contributed by atoms with Crippen LogP contribution in [-0.4, -0.2) is 40.4 Å². The van der Waals surface area contributed by atoms with E-state index >= 15 is 0 Å². The van der Waals surface area contributed by atoms with Gasteiger partial charge in [-0.15, -0.1) is 0 Å². The molecule has 1 aromatic rings. The first-order valence-electron chi connectivity index (χ1n) is 5.16. The molecular formula is C10H17N3O. The van der Waals surface area contributed by atoms with E-state index in [0.29, 0.717) is 12.5 Å². The lowest BCUT2D eigenvalue weighted by Gasteiger charge is -2.16. The van der Waals surface area contributed by atoms with Crippen molar-refractivity contribution in [3.63, 3.8) is 0 Å². The molecule has 0 aromatic carbocycles. The first kappa shape index (κ1) is 9.68. The van der Waals surface area contributed by atoms with E-state index in [-0.39, 0.29) is 6.61 Å². The number of hydrogen-bond acceptors (Lipinski definition) is 3. The summed E-state index contributed by atoms with van der Waals surface area (Å²) in [5.74, 6) is 0. The molecule has 1 saturated heterocycles. The van der Waals surface area contributed by atoms with Crippen molar-refractivity contribution in [1.82, 2.24) is 15.1 Å². The molecule has 14 heavy (non-hydrogen) atoms. The fourth-order valence-corrected chi connectivity index (χ4v) is 2.08. The molecular weight excluding hydrogens is 178 g/mol. The van der Waals surface area contributed by atoms with Crippen molar-refractivity contribution in [2.75, 3.05) is 20.2 Å². The number of rotatable bonds is 3. The molecule has 4 heteroatoms. The smallest absolute Gasteiger partial charge is 0.0796 e. The van der Waals surface area contributed by atoms with E-state index in [2.05, 4.69) is 28.2 Å². The summed E-state index contributed by atoms with van der Waals surface area (Å²) in [5, 5.41) is 16.0. The molecule has 1 unspecified atom stereocenters. The number of nitrogens with one attached hydrogen (secondary N) is 1. The van der Waals surface area contributed by atoms with Crippen molar-refractivity contribution in [2.45, 2.75) is 25.3 Å². The van der Waals surface area contributed by atoms with E-state index in [9.17, 15) is 0 Å². The molecule has 0 saturated carbocycles. The van der Waals surface area contributed by atoms with Crippen molar-refractivity contribution in [1.29, 1.82) is 0 Å². The summed E-state index contributed by atoms with van der Waals surface area (Å²) >= 11 is 0. The molecule has 1 atom stereocenters. The van der Waals surface area contributed by atoms with E-state index in [0.717, 1.165) is 17.9 Å². The maximum atomic E-state index is 8.79. The Kier molecular flexibility index (Phi) is 2.84. The average molecular weight is 195 g/mol. The Bertz CT molecular complexity index is 297. The van der Waals surface area contributed by atoms with Gasteiger partial charge in [0.1, 0.15) is 0 Å². The first-order valence-corrected chi connectivity index (χ1v) is 5.16. The first-order chi connectivity index (χ1) is 6.81. The van der Waals surface area contributed by atoms with E-state index < -0.39 is 0 Å². The summed E-state index contributed by atoms with van der Waals surface area (Å²) in [5.41, 5.74) is 2.15. The third-order valence-corrected chi connectivity index (χ3v) is 2.89. The van der Waals surface area contributed by atoms with Crippen LogP contribution in [0.1, 0.15) is 30.3 Å². The van der Waals surface area contributed by atoms with Crippen molar-refractivity contribution in [3.05, 3.63) is 17.5 Å². The van der Waals surface area contributed by atoms with Gasteiger partial charge in [0.05, 0.1) is 11.7 Å². The Morgan fingerprint density at radius 1 is 1.71 bits per heavy atom. The zero-order valence-electron chi connectivity index (χ0n) is 8.53. The number of aromatic amines is 1. The third kappa shape index (κ3) is 1.81. The van der Waals surface area contributed by atoms with Gasteiger partial charge in [-0.05, 0) is 32.5 Å². The highest BCUT2D eigenvalue weighted by Crippen LogP contribution is 2.29. The number of nitrogens with zero attached hydrogens (tertiary/aromatic N) is 2. The van der Waals surface area contributed by atoms with Crippen LogP contribution in [0.3, 0.4) is 0 Å². The second kappa shape index (κ2) is 4.11. The molecule has 2 heterocycles. The number of likely N-dealkylation sites (tertiary alicyclic amines) is 1. The summed E-state index contributed by atoms with van der Waals surface area (Å²) in [6.07, 6.45) is 3.12. The largest absolute Gasteiger partial charge is 0.396 e. The maximum absolute atomic E-state index is 8.79. The van der Waals surface area contributed by atoms with Crippen LogP contribution in [0.15, 0.2) is 6.07 Å². The van der Waals surface area contributed by atoms with Crippen LogP contribution in [0.2, 0.25) is 0 Å². The number of aromatic nitrogens is 2. The number of aliphatic hydroxyl groups excluding tert-OH is 1. The molecule has 2 rings (SSSR count). The third-order valence-electron chi connectivity index (χ3n) is 2.89. The maximum Gasteiger partial charge on any atom is 0.0796 e. The van der Waals surface area contributed by atoms with E-state index in [1.54, 1.807) is 0 Å². The van der Waals surface area contributed by atoms with Gasteiger partial charge in [-0.1, -0.05) is 0 Å². The molecule has 4 nitrogen and oxygen atoms in total. The fraction of sp³-hybridized carbons (Fsp3) is 0.700. The minimum absolute atomic E-state index is 0.183. The van der Waals surface area contributed by atoms with Gasteiger partial charge in [-0.3, -0.25) is 10.00 Å². The molecule has 0 spiro atoms. The van der Waals surface area contributed by atoms with Crippen LogP contribution < -0.4 is 0 Å². The standard InChI is InChI=1S/C10H17N3O/c1-13-5-2-3-10(13)9-7-8(4-6-14)11-12-9/h7,10,14H,2-6H2,1H3,(H,11,12). The predicted octanol–water partition coefficient (Wildman–Crippen LogP) is 0.711. The van der Waals surface area contributed by atoms with Gasteiger partial charge < -0.3 is 5.11 Å². The molecule has 0 aliphatic carbocycles. The van der Waals surface area contributed by atoms with Crippen LogP contribution in [0, 0.1) is 0 Å². The second-order valence-corrected chi connectivity index (χ2v) is 3.93. The average Bonchev–Trinajstić information content (AvgIpc) is 2.74. The van der Waals surface area contributed by atoms with Crippen LogP contribution >= 0.6 is 0 Å². The van der Waals surface area contributed by atoms with Crippen LogP contribution in [0.25, 0.3) is 0 Å². The van der Waals surface area contributed by atoms with Crippen LogP contribution in [0.4, 0.5) is 0 Å². The summed E-state index contributed by atoms with van der Waals surface area (Å²) in [6, 6.07) is 2.54. The fourth-order valence-electron chi connectivity index (χ4n) is 2.08. The molecule has 1 aromatic heterocycles. The zero-order valence-corrected chi connectivity index (χ0v) is 8.53. The lowest BCUT2D eigenvalue weighted by Crippen LogP contribution is -2.17. The zero-order chi connectivity index (χ0) is 9.97. The Hall–Kier alpha value is -0.870. The lowest BCUT2D eigenvalue weighted by molar-refractivity contribution is 0.298. The van der Waals surface area contributed by atoms with Gasteiger partial charge in [-0.25, -0.2) is 0 Å². The number of aliphatic hydroxyl groups is 1. The summed E-state index contributed by atoms with van der Waals surface area (Å²) in [7, 11) is 2.14. The van der Waals surface area contributed by atoms with Crippen LogP contribution in [-0.2, 0) is 6.42 Å². The number of H-pyrrole nitrogens is 1. The van der Waals surface area contributed by atoms with E-state index in [4.69, 9.17) is 5.11 Å². The number of hydrogen-bond donors (Lipinski definition) is 2. The quantitative estimate of drug-likeness (QED) is 0.747. The van der Waals surface area contributed by atoms with Crippen molar-refractivity contribution in [3.8, 4) is 0 Å². The lowest BCUT2D eigenvalue weighted by atomic mass is 10.1. The van der Waals surface area contributed by atoms with Gasteiger partial charge in [0.2, 0.25) is 0 Å².